The van der Waals surface area contributed by atoms with Gasteiger partial charge in [0, 0.05) is 11.3 Å². The second-order valence-electron chi connectivity index (χ2n) is 4.39. The Morgan fingerprint density at radius 3 is 3.12 bits per heavy atom. The van der Waals surface area contributed by atoms with Crippen LogP contribution in [0.1, 0.15) is 31.1 Å². The second-order valence-corrected chi connectivity index (χ2v) is 5.42. The first kappa shape index (κ1) is 12.7. The van der Waals surface area contributed by atoms with Gasteiger partial charge in [-0.2, -0.15) is 0 Å². The summed E-state index contributed by atoms with van der Waals surface area (Å²) in [4.78, 5) is 1.42. The van der Waals surface area contributed by atoms with Crippen molar-refractivity contribution < 1.29 is 4.74 Å². The van der Waals surface area contributed by atoms with Crippen molar-refractivity contribution in [1.29, 1.82) is 0 Å². The molecule has 0 aromatic carbocycles. The zero-order valence-corrected chi connectivity index (χ0v) is 11.3. The molecule has 2 nitrogen and oxygen atoms in total. The Kier molecular flexibility index (Phi) is 5.08. The van der Waals surface area contributed by atoms with E-state index < -0.39 is 0 Å². The number of hydrogen-bond donors (Lipinski definition) is 1. The first-order valence-electron chi connectivity index (χ1n) is 6.48. The SMILES string of the molecule is CCCNC(Cc1cccs1)C1=CCCCO1. The van der Waals surface area contributed by atoms with Gasteiger partial charge < -0.3 is 10.1 Å². The maximum Gasteiger partial charge on any atom is 0.109 e. The molecular weight excluding hydrogens is 230 g/mol. The summed E-state index contributed by atoms with van der Waals surface area (Å²) in [6, 6.07) is 4.68. The third-order valence-corrected chi connectivity index (χ3v) is 3.83. The van der Waals surface area contributed by atoms with Crippen LogP contribution in [0, 0.1) is 0 Å². The Labute approximate surface area is 108 Å². The van der Waals surface area contributed by atoms with Gasteiger partial charge in [0.1, 0.15) is 5.76 Å². The van der Waals surface area contributed by atoms with Crippen LogP contribution in [0.25, 0.3) is 0 Å². The second kappa shape index (κ2) is 6.82. The molecule has 0 radical (unpaired) electrons. The fourth-order valence-corrected chi connectivity index (χ4v) is 2.79. The van der Waals surface area contributed by atoms with Crippen molar-refractivity contribution in [2.24, 2.45) is 0 Å². The normalized spacial score (nSPS) is 17.4. The van der Waals surface area contributed by atoms with E-state index in [4.69, 9.17) is 4.74 Å². The zero-order valence-electron chi connectivity index (χ0n) is 10.4. The van der Waals surface area contributed by atoms with E-state index in [1.54, 1.807) is 0 Å². The van der Waals surface area contributed by atoms with Gasteiger partial charge in [0.2, 0.25) is 0 Å². The van der Waals surface area contributed by atoms with Crippen molar-refractivity contribution in [2.45, 2.75) is 38.6 Å². The largest absolute Gasteiger partial charge is 0.497 e. The van der Waals surface area contributed by atoms with Gasteiger partial charge in [0.05, 0.1) is 12.6 Å². The number of nitrogens with one attached hydrogen (secondary N) is 1. The zero-order chi connectivity index (χ0) is 11.9. The molecule has 1 unspecified atom stereocenters. The van der Waals surface area contributed by atoms with Crippen molar-refractivity contribution in [3.63, 3.8) is 0 Å². The molecule has 0 spiro atoms. The molecule has 1 atom stereocenters. The molecule has 0 amide bonds. The molecule has 1 N–H and O–H groups in total. The first-order valence-corrected chi connectivity index (χ1v) is 7.36. The highest BCUT2D eigenvalue weighted by Crippen LogP contribution is 2.19. The van der Waals surface area contributed by atoms with Gasteiger partial charge in [0.25, 0.3) is 0 Å². The Morgan fingerprint density at radius 2 is 2.47 bits per heavy atom. The average Bonchev–Trinajstić information content (AvgIpc) is 2.88. The Morgan fingerprint density at radius 1 is 1.53 bits per heavy atom. The number of allylic oxidation sites excluding steroid dienone is 1. The third-order valence-electron chi connectivity index (χ3n) is 2.93. The van der Waals surface area contributed by atoms with E-state index in [1.165, 1.54) is 4.88 Å². The van der Waals surface area contributed by atoms with Crippen molar-refractivity contribution >= 4 is 11.3 Å². The maximum atomic E-state index is 5.79. The molecule has 0 fully saturated rings. The molecule has 94 valence electrons. The average molecular weight is 251 g/mol. The highest BCUT2D eigenvalue weighted by atomic mass is 32.1. The highest BCUT2D eigenvalue weighted by molar-refractivity contribution is 7.09. The van der Waals surface area contributed by atoms with E-state index in [-0.39, 0.29) is 0 Å². The molecule has 17 heavy (non-hydrogen) atoms. The molecule has 0 saturated heterocycles. The monoisotopic (exact) mass is 251 g/mol. The minimum Gasteiger partial charge on any atom is -0.497 e. The predicted octanol–water partition coefficient (Wildman–Crippen LogP) is 3.35. The highest BCUT2D eigenvalue weighted by Gasteiger charge is 2.18. The summed E-state index contributed by atoms with van der Waals surface area (Å²) in [5, 5.41) is 5.73. The predicted molar refractivity (Wildman–Crippen MR) is 73.4 cm³/mol. The van der Waals surface area contributed by atoms with Crippen LogP contribution in [0.15, 0.2) is 29.3 Å². The van der Waals surface area contributed by atoms with E-state index in [0.29, 0.717) is 6.04 Å². The quantitative estimate of drug-likeness (QED) is 0.837. The van der Waals surface area contributed by atoms with Gasteiger partial charge in [-0.15, -0.1) is 11.3 Å². The fraction of sp³-hybridized carbons (Fsp3) is 0.571. The summed E-state index contributed by atoms with van der Waals surface area (Å²) >= 11 is 1.83. The summed E-state index contributed by atoms with van der Waals surface area (Å²) in [5.41, 5.74) is 0. The molecule has 2 rings (SSSR count). The van der Waals surface area contributed by atoms with Gasteiger partial charge in [-0.1, -0.05) is 13.0 Å². The van der Waals surface area contributed by atoms with Gasteiger partial charge in [-0.25, -0.2) is 0 Å². The van der Waals surface area contributed by atoms with Crippen LogP contribution in [0.2, 0.25) is 0 Å². The number of thiophene rings is 1. The summed E-state index contributed by atoms with van der Waals surface area (Å²) in [5.74, 6) is 1.15. The van der Waals surface area contributed by atoms with Crippen molar-refractivity contribution in [1.82, 2.24) is 5.32 Å². The minimum absolute atomic E-state index is 0.355. The first-order chi connectivity index (χ1) is 8.40. The molecular formula is C14H21NOS. The number of hydrogen-bond acceptors (Lipinski definition) is 3. The van der Waals surface area contributed by atoms with Crippen LogP contribution in [-0.4, -0.2) is 19.2 Å². The van der Waals surface area contributed by atoms with Crippen molar-refractivity contribution in [3.8, 4) is 0 Å². The molecule has 1 aromatic heterocycles. The Bertz CT molecular complexity index is 345. The van der Waals surface area contributed by atoms with Crippen LogP contribution < -0.4 is 5.32 Å². The van der Waals surface area contributed by atoms with Gasteiger partial charge >= 0.3 is 0 Å². The smallest absolute Gasteiger partial charge is 0.109 e. The van der Waals surface area contributed by atoms with E-state index >= 15 is 0 Å². The van der Waals surface area contributed by atoms with Crippen molar-refractivity contribution in [2.75, 3.05) is 13.2 Å². The lowest BCUT2D eigenvalue weighted by Gasteiger charge is -2.24. The van der Waals surface area contributed by atoms with E-state index in [2.05, 4.69) is 35.8 Å². The Balaban J connectivity index is 1.99. The molecule has 1 aliphatic rings. The fourth-order valence-electron chi connectivity index (χ4n) is 2.04. The van der Waals surface area contributed by atoms with E-state index in [1.807, 2.05) is 11.3 Å². The van der Waals surface area contributed by atoms with Crippen LogP contribution in [0.5, 0.6) is 0 Å². The maximum absolute atomic E-state index is 5.79. The molecule has 1 aromatic rings. The lowest BCUT2D eigenvalue weighted by Crippen LogP contribution is -2.35. The molecule has 0 saturated carbocycles. The third kappa shape index (κ3) is 3.86. The van der Waals surface area contributed by atoms with Gasteiger partial charge in [-0.3, -0.25) is 0 Å². The number of ether oxygens (including phenoxy) is 1. The lowest BCUT2D eigenvalue weighted by molar-refractivity contribution is 0.167. The van der Waals surface area contributed by atoms with E-state index in [9.17, 15) is 0 Å². The van der Waals surface area contributed by atoms with Gasteiger partial charge in [-0.05, 0) is 43.3 Å². The summed E-state index contributed by atoms with van der Waals surface area (Å²) in [6.07, 6.45) is 6.77. The van der Waals surface area contributed by atoms with Gasteiger partial charge in [0.15, 0.2) is 0 Å². The van der Waals surface area contributed by atoms with Crippen LogP contribution in [0.4, 0.5) is 0 Å². The molecule has 0 bridgehead atoms. The topological polar surface area (TPSA) is 21.3 Å². The van der Waals surface area contributed by atoms with Crippen LogP contribution in [0.3, 0.4) is 0 Å². The number of rotatable bonds is 6. The lowest BCUT2D eigenvalue weighted by atomic mass is 10.1. The Hall–Kier alpha value is -0.800. The summed E-state index contributed by atoms with van der Waals surface area (Å²) in [6.45, 7) is 4.13. The summed E-state index contributed by atoms with van der Waals surface area (Å²) < 4.78 is 5.79. The molecule has 0 aliphatic carbocycles. The van der Waals surface area contributed by atoms with Crippen LogP contribution >= 0.6 is 11.3 Å². The molecule has 2 heterocycles. The van der Waals surface area contributed by atoms with E-state index in [0.717, 1.165) is 44.6 Å². The van der Waals surface area contributed by atoms with Crippen molar-refractivity contribution in [3.05, 3.63) is 34.2 Å². The standard InChI is InChI=1S/C14H21NOS/c1-2-8-15-13(11-12-6-5-10-17-12)14-7-3-4-9-16-14/h5-7,10,13,15H,2-4,8-9,11H2,1H3. The molecule has 1 aliphatic heterocycles. The van der Waals surface area contributed by atoms with Crippen LogP contribution in [-0.2, 0) is 11.2 Å². The molecule has 3 heteroatoms. The minimum atomic E-state index is 0.355. The summed E-state index contributed by atoms with van der Waals surface area (Å²) in [7, 11) is 0.